The lowest BCUT2D eigenvalue weighted by molar-refractivity contribution is 0.347. The van der Waals surface area contributed by atoms with Crippen molar-refractivity contribution in [2.45, 2.75) is 24.8 Å². The molecular weight excluding hydrogens is 232 g/mol. The van der Waals surface area contributed by atoms with Crippen LogP contribution in [0.15, 0.2) is 17.0 Å². The van der Waals surface area contributed by atoms with Crippen LogP contribution in [0.2, 0.25) is 0 Å². The highest BCUT2D eigenvalue weighted by atomic mass is 16.5. The van der Waals surface area contributed by atoms with E-state index in [1.807, 2.05) is 0 Å². The first-order valence-corrected chi connectivity index (χ1v) is 6.10. The van der Waals surface area contributed by atoms with Crippen molar-refractivity contribution in [1.82, 2.24) is 25.4 Å². The normalized spacial score (nSPS) is 21.3. The monoisotopic (exact) mass is 248 g/mol. The topological polar surface area (TPSA) is 106 Å². The number of hydrogen-bond donors (Lipinski definition) is 3. The number of imidazole rings is 1. The minimum atomic E-state index is -0.291. The molecule has 7 heteroatoms. The molecule has 0 aliphatic carbocycles. The zero-order valence-corrected chi connectivity index (χ0v) is 9.97. The maximum Gasteiger partial charge on any atom is 0.243 e. The summed E-state index contributed by atoms with van der Waals surface area (Å²) in [4.78, 5) is 11.4. The molecule has 96 valence electrons. The van der Waals surface area contributed by atoms with Gasteiger partial charge in [-0.2, -0.15) is 4.98 Å². The molecular formula is C11H16N6O. The van der Waals surface area contributed by atoms with Crippen LogP contribution in [0, 0.1) is 0 Å². The van der Waals surface area contributed by atoms with Gasteiger partial charge < -0.3 is 20.6 Å². The molecule has 3 heterocycles. The van der Waals surface area contributed by atoms with Crippen LogP contribution in [0.1, 0.15) is 35.8 Å². The molecule has 4 N–H and O–H groups in total. The number of H-pyrrole nitrogens is 1. The number of nitrogens with one attached hydrogen (secondary N) is 2. The van der Waals surface area contributed by atoms with Crippen LogP contribution in [0.5, 0.6) is 0 Å². The number of aromatic amines is 1. The summed E-state index contributed by atoms with van der Waals surface area (Å²) in [6, 6.07) is -0.291. The summed E-state index contributed by atoms with van der Waals surface area (Å²) >= 11 is 0. The molecule has 3 rings (SSSR count). The van der Waals surface area contributed by atoms with Crippen molar-refractivity contribution in [3.8, 4) is 0 Å². The standard InChI is InChI=1S/C11H16N6O/c12-9(3-8-5-14-6-15-8)11-16-10(17-18-11)7-1-2-13-4-7/h5-7,9,13H,1-4,12H2,(H,14,15)/t7?,9-/m0/s1. The van der Waals surface area contributed by atoms with E-state index in [1.54, 1.807) is 12.5 Å². The molecule has 18 heavy (non-hydrogen) atoms. The molecule has 7 nitrogen and oxygen atoms in total. The Morgan fingerprint density at radius 1 is 1.56 bits per heavy atom. The van der Waals surface area contributed by atoms with Gasteiger partial charge in [-0.25, -0.2) is 4.98 Å². The van der Waals surface area contributed by atoms with Crippen LogP contribution in [-0.4, -0.2) is 33.2 Å². The summed E-state index contributed by atoms with van der Waals surface area (Å²) in [5.74, 6) is 1.60. The number of nitrogens with two attached hydrogens (primary N) is 1. The Bertz CT molecular complexity index is 487. The molecule has 0 bridgehead atoms. The predicted octanol–water partition coefficient (Wildman–Crippen LogP) is 0.112. The molecule has 0 aromatic carbocycles. The first-order chi connectivity index (χ1) is 8.83. The first-order valence-electron chi connectivity index (χ1n) is 6.10. The zero-order chi connectivity index (χ0) is 12.4. The van der Waals surface area contributed by atoms with E-state index in [1.165, 1.54) is 0 Å². The summed E-state index contributed by atoms with van der Waals surface area (Å²) in [6.45, 7) is 1.92. The van der Waals surface area contributed by atoms with Gasteiger partial charge in [-0.15, -0.1) is 0 Å². The van der Waals surface area contributed by atoms with Crippen LogP contribution >= 0.6 is 0 Å². The number of nitrogens with zero attached hydrogens (tertiary/aromatic N) is 3. The Morgan fingerprint density at radius 3 is 3.22 bits per heavy atom. The molecule has 1 aliphatic heterocycles. The average molecular weight is 248 g/mol. The molecule has 2 aromatic heterocycles. The quantitative estimate of drug-likeness (QED) is 0.709. The zero-order valence-electron chi connectivity index (χ0n) is 9.97. The summed E-state index contributed by atoms with van der Waals surface area (Å²) < 4.78 is 5.24. The minimum Gasteiger partial charge on any atom is -0.348 e. The van der Waals surface area contributed by atoms with Crippen molar-refractivity contribution >= 4 is 0 Å². The lowest BCUT2D eigenvalue weighted by Crippen LogP contribution is -2.14. The molecule has 0 saturated carbocycles. The Labute approximate surface area is 104 Å². The van der Waals surface area contributed by atoms with Gasteiger partial charge in [0.2, 0.25) is 5.89 Å². The van der Waals surface area contributed by atoms with E-state index in [0.29, 0.717) is 18.2 Å². The summed E-state index contributed by atoms with van der Waals surface area (Å²) in [7, 11) is 0. The van der Waals surface area contributed by atoms with Gasteiger partial charge in [0.05, 0.1) is 12.4 Å². The summed E-state index contributed by atoms with van der Waals surface area (Å²) in [5, 5.41) is 7.30. The Kier molecular flexibility index (Phi) is 3.07. The van der Waals surface area contributed by atoms with Crippen LogP contribution in [0.4, 0.5) is 0 Å². The fourth-order valence-corrected chi connectivity index (χ4v) is 2.16. The molecule has 0 amide bonds. The highest BCUT2D eigenvalue weighted by Gasteiger charge is 2.24. The van der Waals surface area contributed by atoms with Gasteiger partial charge in [-0.05, 0) is 13.0 Å². The second-order valence-electron chi connectivity index (χ2n) is 4.57. The first kappa shape index (κ1) is 11.4. The third-order valence-electron chi connectivity index (χ3n) is 3.19. The van der Waals surface area contributed by atoms with Gasteiger partial charge in [0.1, 0.15) is 0 Å². The molecule has 2 atom stereocenters. The van der Waals surface area contributed by atoms with E-state index < -0.39 is 0 Å². The minimum absolute atomic E-state index is 0.291. The van der Waals surface area contributed by atoms with E-state index in [0.717, 1.165) is 31.0 Å². The Hall–Kier alpha value is -1.73. The highest BCUT2D eigenvalue weighted by molar-refractivity contribution is 5.05. The maximum absolute atomic E-state index is 6.04. The van der Waals surface area contributed by atoms with Crippen molar-refractivity contribution in [1.29, 1.82) is 0 Å². The van der Waals surface area contributed by atoms with Crippen LogP contribution in [0.25, 0.3) is 0 Å². The number of aromatic nitrogens is 4. The molecule has 0 radical (unpaired) electrons. The predicted molar refractivity (Wildman–Crippen MR) is 63.7 cm³/mol. The fraction of sp³-hybridized carbons (Fsp3) is 0.545. The van der Waals surface area contributed by atoms with Gasteiger partial charge in [-0.3, -0.25) is 0 Å². The van der Waals surface area contributed by atoms with E-state index in [2.05, 4.69) is 25.4 Å². The molecule has 2 aromatic rings. The maximum atomic E-state index is 6.04. The van der Waals surface area contributed by atoms with Crippen molar-refractivity contribution in [2.24, 2.45) is 5.73 Å². The summed E-state index contributed by atoms with van der Waals surface area (Å²) in [5.41, 5.74) is 7.00. The van der Waals surface area contributed by atoms with Crippen molar-refractivity contribution in [2.75, 3.05) is 13.1 Å². The third kappa shape index (κ3) is 2.27. The van der Waals surface area contributed by atoms with Gasteiger partial charge in [0, 0.05) is 30.8 Å². The van der Waals surface area contributed by atoms with Crippen LogP contribution in [-0.2, 0) is 6.42 Å². The smallest absolute Gasteiger partial charge is 0.243 e. The van der Waals surface area contributed by atoms with Crippen molar-refractivity contribution < 1.29 is 4.52 Å². The second kappa shape index (κ2) is 4.87. The molecule has 1 aliphatic rings. The number of rotatable bonds is 4. The lowest BCUT2D eigenvalue weighted by atomic mass is 10.1. The lowest BCUT2D eigenvalue weighted by Gasteiger charge is -2.04. The van der Waals surface area contributed by atoms with Gasteiger partial charge in [-0.1, -0.05) is 5.16 Å². The second-order valence-corrected chi connectivity index (χ2v) is 4.57. The summed E-state index contributed by atoms with van der Waals surface area (Å²) in [6.07, 6.45) is 5.04. The molecule has 1 fully saturated rings. The van der Waals surface area contributed by atoms with Gasteiger partial charge in [0.15, 0.2) is 5.82 Å². The molecule has 1 saturated heterocycles. The van der Waals surface area contributed by atoms with Crippen molar-refractivity contribution in [3.63, 3.8) is 0 Å². The van der Waals surface area contributed by atoms with E-state index >= 15 is 0 Å². The largest absolute Gasteiger partial charge is 0.348 e. The fourth-order valence-electron chi connectivity index (χ4n) is 2.16. The van der Waals surface area contributed by atoms with Gasteiger partial charge in [0.25, 0.3) is 0 Å². The molecule has 0 spiro atoms. The van der Waals surface area contributed by atoms with E-state index in [-0.39, 0.29) is 6.04 Å². The van der Waals surface area contributed by atoms with Crippen molar-refractivity contribution in [3.05, 3.63) is 29.9 Å². The van der Waals surface area contributed by atoms with Gasteiger partial charge >= 0.3 is 0 Å². The third-order valence-corrected chi connectivity index (χ3v) is 3.19. The number of hydrogen-bond acceptors (Lipinski definition) is 6. The SMILES string of the molecule is N[C@@H](Cc1cnc[nH]1)c1nc(C2CCNC2)no1. The van der Waals surface area contributed by atoms with E-state index in [9.17, 15) is 0 Å². The average Bonchev–Trinajstić information content (AvgIpc) is 3.11. The Balaban J connectivity index is 1.68. The Morgan fingerprint density at radius 2 is 2.50 bits per heavy atom. The highest BCUT2D eigenvalue weighted by Crippen LogP contribution is 2.21. The van der Waals surface area contributed by atoms with Crippen LogP contribution in [0.3, 0.4) is 0 Å². The van der Waals surface area contributed by atoms with E-state index in [4.69, 9.17) is 10.3 Å². The molecule has 1 unspecified atom stereocenters. The van der Waals surface area contributed by atoms with Crippen LogP contribution < -0.4 is 11.1 Å².